The van der Waals surface area contributed by atoms with Crippen LogP contribution in [0.2, 0.25) is 0 Å². The molecule has 3 heterocycles. The van der Waals surface area contributed by atoms with Crippen LogP contribution in [-0.2, 0) is 14.3 Å². The van der Waals surface area contributed by atoms with Crippen molar-refractivity contribution in [2.24, 2.45) is 0 Å². The molecule has 1 fully saturated rings. The van der Waals surface area contributed by atoms with Crippen molar-refractivity contribution >= 4 is 39.0 Å². The van der Waals surface area contributed by atoms with Crippen LogP contribution in [0.1, 0.15) is 44.4 Å². The van der Waals surface area contributed by atoms with Crippen LogP contribution in [0.3, 0.4) is 0 Å². The second-order valence-electron chi connectivity index (χ2n) is 8.40. The minimum Gasteiger partial charge on any atom is -0.466 e. The Kier molecular flexibility index (Phi) is 6.62. The molecule has 2 aromatic rings. The molecule has 0 spiro atoms. The van der Waals surface area contributed by atoms with Crippen LogP contribution in [-0.4, -0.2) is 55.3 Å². The Morgan fingerprint density at radius 1 is 1.26 bits per heavy atom. The molecule has 1 saturated heterocycles. The molecule has 2 amide bonds. The average Bonchev–Trinajstić information content (AvgIpc) is 3.32. The lowest BCUT2D eigenvalue weighted by Gasteiger charge is -2.36. The summed E-state index contributed by atoms with van der Waals surface area (Å²) in [6, 6.07) is 10.2. The fourth-order valence-electron chi connectivity index (χ4n) is 4.63. The van der Waals surface area contributed by atoms with Crippen LogP contribution in [0.4, 0.5) is 4.79 Å². The number of carbonyl (C=O) groups is 2. The predicted molar refractivity (Wildman–Crippen MR) is 123 cm³/mol. The number of benzene rings is 1. The van der Waals surface area contributed by atoms with Gasteiger partial charge in [-0.15, -0.1) is 11.3 Å². The monoisotopic (exact) mass is 442 g/mol. The molecular formula is C24H30N2O4S. The first-order valence-corrected chi connectivity index (χ1v) is 11.8. The summed E-state index contributed by atoms with van der Waals surface area (Å²) >= 11 is 1.70. The summed E-state index contributed by atoms with van der Waals surface area (Å²) in [5, 5.41) is 4.19. The maximum absolute atomic E-state index is 13.0. The number of rotatable bonds is 7. The number of carbonyl (C=O) groups excluding carboxylic acids is 2. The summed E-state index contributed by atoms with van der Waals surface area (Å²) in [6.07, 6.45) is 3.31. The average molecular weight is 443 g/mol. The topological polar surface area (TPSA) is 67.9 Å². The largest absolute Gasteiger partial charge is 0.466 e. The highest BCUT2D eigenvalue weighted by atomic mass is 32.1. The van der Waals surface area contributed by atoms with E-state index in [0.717, 1.165) is 29.7 Å². The summed E-state index contributed by atoms with van der Waals surface area (Å²) in [5.41, 5.74) is 1.68. The van der Waals surface area contributed by atoms with Gasteiger partial charge in [0.1, 0.15) is 0 Å². The summed E-state index contributed by atoms with van der Waals surface area (Å²) in [4.78, 5) is 28.8. The van der Waals surface area contributed by atoms with Gasteiger partial charge in [0, 0.05) is 28.8 Å². The van der Waals surface area contributed by atoms with Crippen molar-refractivity contribution in [2.75, 3.05) is 20.3 Å². The molecule has 0 saturated carbocycles. The van der Waals surface area contributed by atoms with Gasteiger partial charge >= 0.3 is 12.0 Å². The maximum atomic E-state index is 13.0. The van der Waals surface area contributed by atoms with Gasteiger partial charge in [-0.25, -0.2) is 9.59 Å². The molecule has 7 heteroatoms. The lowest BCUT2D eigenvalue weighted by molar-refractivity contribution is -0.136. The second-order valence-corrected chi connectivity index (χ2v) is 9.48. The highest BCUT2D eigenvalue weighted by molar-refractivity contribution is 7.20. The zero-order valence-electron chi connectivity index (χ0n) is 18.3. The molecule has 166 valence electrons. The van der Waals surface area contributed by atoms with Gasteiger partial charge in [0.25, 0.3) is 0 Å². The maximum Gasteiger partial charge on any atom is 0.336 e. The molecule has 1 aromatic carbocycles. The van der Waals surface area contributed by atoms with Gasteiger partial charge in [0.2, 0.25) is 0 Å². The number of esters is 1. The van der Waals surface area contributed by atoms with Crippen molar-refractivity contribution < 1.29 is 19.1 Å². The zero-order valence-corrected chi connectivity index (χ0v) is 19.2. The quantitative estimate of drug-likeness (QED) is 0.503. The van der Waals surface area contributed by atoms with Crippen molar-refractivity contribution in [2.45, 2.75) is 57.7 Å². The Morgan fingerprint density at radius 2 is 2.06 bits per heavy atom. The Bertz CT molecular complexity index is 963. The van der Waals surface area contributed by atoms with E-state index < -0.39 is 0 Å². The summed E-state index contributed by atoms with van der Waals surface area (Å²) < 4.78 is 11.9. The Labute approximate surface area is 187 Å². The van der Waals surface area contributed by atoms with E-state index in [4.69, 9.17) is 9.47 Å². The summed E-state index contributed by atoms with van der Waals surface area (Å²) in [6.45, 7) is 5.17. The van der Waals surface area contributed by atoms with E-state index in [1.165, 1.54) is 17.2 Å². The van der Waals surface area contributed by atoms with Gasteiger partial charge in [-0.2, -0.15) is 0 Å². The Morgan fingerprint density at radius 3 is 2.81 bits per heavy atom. The first kappa shape index (κ1) is 21.8. The third kappa shape index (κ3) is 4.48. The molecule has 1 N–H and O–H groups in total. The zero-order chi connectivity index (χ0) is 22.0. The van der Waals surface area contributed by atoms with Crippen molar-refractivity contribution in [3.63, 3.8) is 0 Å². The van der Waals surface area contributed by atoms with E-state index >= 15 is 0 Å². The number of methoxy groups -OCH3 is 1. The summed E-state index contributed by atoms with van der Waals surface area (Å²) in [7, 11) is 1.41. The Balaban J connectivity index is 1.56. The standard InChI is InChI=1S/C24H30N2O4S/c1-15(2)30-12-6-11-25-24(28)26-17-9-10-19(26)22(23(27)29-3)18(14-17)21-13-16-7-4-5-8-20(16)31-21/h4-5,7-8,13,15,17,19H,6,9-12,14H2,1-3H3,(H,25,28)/t17-,19+/m0/s1. The molecule has 4 rings (SSSR count). The first-order valence-electron chi connectivity index (χ1n) is 11.0. The summed E-state index contributed by atoms with van der Waals surface area (Å²) in [5.74, 6) is -0.332. The number of nitrogens with zero attached hydrogens (tertiary/aromatic N) is 1. The molecule has 1 aromatic heterocycles. The van der Waals surface area contributed by atoms with E-state index in [2.05, 4.69) is 23.5 Å². The van der Waals surface area contributed by atoms with Gasteiger partial charge in [-0.05, 0) is 62.6 Å². The van der Waals surface area contributed by atoms with E-state index in [9.17, 15) is 9.59 Å². The van der Waals surface area contributed by atoms with Gasteiger partial charge in [0.05, 0.1) is 24.8 Å². The van der Waals surface area contributed by atoms with Gasteiger partial charge in [-0.1, -0.05) is 18.2 Å². The number of fused-ring (bicyclic) bond motifs is 3. The normalized spacial score (nSPS) is 20.6. The molecule has 31 heavy (non-hydrogen) atoms. The van der Waals surface area contributed by atoms with Gasteiger partial charge in [0.15, 0.2) is 0 Å². The molecule has 0 aliphatic carbocycles. The number of ether oxygens (including phenoxy) is 2. The SMILES string of the molecule is COC(=O)C1=C(c2cc3ccccc3s2)C[C@@H]2CC[C@H]1N2C(=O)NCCCOC(C)C. The van der Waals surface area contributed by atoms with Crippen molar-refractivity contribution in [3.05, 3.63) is 40.8 Å². The molecule has 6 nitrogen and oxygen atoms in total. The van der Waals surface area contributed by atoms with E-state index in [1.807, 2.05) is 30.9 Å². The minimum absolute atomic E-state index is 0.102. The molecule has 0 unspecified atom stereocenters. The van der Waals surface area contributed by atoms with Gasteiger partial charge < -0.3 is 19.7 Å². The first-order chi connectivity index (χ1) is 15.0. The van der Waals surface area contributed by atoms with Crippen LogP contribution >= 0.6 is 11.3 Å². The van der Waals surface area contributed by atoms with Crippen LogP contribution in [0.25, 0.3) is 15.7 Å². The molecule has 2 atom stereocenters. The lowest BCUT2D eigenvalue weighted by Crippen LogP contribution is -2.51. The molecule has 2 aliphatic heterocycles. The van der Waals surface area contributed by atoms with Crippen LogP contribution in [0.5, 0.6) is 0 Å². The fourth-order valence-corrected chi connectivity index (χ4v) is 5.76. The van der Waals surface area contributed by atoms with Crippen LogP contribution < -0.4 is 5.32 Å². The van der Waals surface area contributed by atoms with Gasteiger partial charge in [-0.3, -0.25) is 0 Å². The molecule has 2 aliphatic rings. The van der Waals surface area contributed by atoms with Crippen molar-refractivity contribution in [1.29, 1.82) is 0 Å². The highest BCUT2D eigenvalue weighted by Crippen LogP contribution is 2.45. The number of urea groups is 1. The molecule has 0 radical (unpaired) electrons. The highest BCUT2D eigenvalue weighted by Gasteiger charge is 2.46. The number of hydrogen-bond donors (Lipinski definition) is 1. The van der Waals surface area contributed by atoms with Crippen LogP contribution in [0, 0.1) is 0 Å². The molecule has 2 bridgehead atoms. The van der Waals surface area contributed by atoms with E-state index in [0.29, 0.717) is 25.1 Å². The van der Waals surface area contributed by atoms with Crippen molar-refractivity contribution in [3.8, 4) is 0 Å². The smallest absolute Gasteiger partial charge is 0.336 e. The molecular weight excluding hydrogens is 412 g/mol. The number of thiophene rings is 1. The van der Waals surface area contributed by atoms with E-state index in [-0.39, 0.29) is 30.2 Å². The fraction of sp³-hybridized carbons (Fsp3) is 0.500. The van der Waals surface area contributed by atoms with Crippen LogP contribution in [0.15, 0.2) is 35.9 Å². The minimum atomic E-state index is -0.332. The third-order valence-corrected chi connectivity index (χ3v) is 7.19. The lowest BCUT2D eigenvalue weighted by atomic mass is 9.92. The number of amides is 2. The third-order valence-electron chi connectivity index (χ3n) is 6.01. The Hall–Kier alpha value is -2.38. The number of nitrogens with one attached hydrogen (secondary N) is 1. The van der Waals surface area contributed by atoms with Crippen molar-refractivity contribution in [1.82, 2.24) is 10.2 Å². The van der Waals surface area contributed by atoms with E-state index in [1.54, 1.807) is 11.3 Å². The predicted octanol–water partition coefficient (Wildman–Crippen LogP) is 4.59. The number of hydrogen-bond acceptors (Lipinski definition) is 5. The second kappa shape index (κ2) is 9.40.